The largest absolute Gasteiger partial charge is 0.328 e. The summed E-state index contributed by atoms with van der Waals surface area (Å²) in [4.78, 5) is 0. The highest BCUT2D eigenvalue weighted by Crippen LogP contribution is 2.36. The second-order valence-corrected chi connectivity index (χ2v) is 4.60. The smallest absolute Gasteiger partial charge is 0.0592 e. The number of nitrogens with two attached hydrogens (primary N) is 1. The van der Waals surface area contributed by atoms with E-state index in [9.17, 15) is 0 Å². The summed E-state index contributed by atoms with van der Waals surface area (Å²) in [5.41, 5.74) is 7.23. The lowest BCUT2D eigenvalue weighted by molar-refractivity contribution is 0.693. The summed E-state index contributed by atoms with van der Waals surface area (Å²) in [5.74, 6) is 0.503. The van der Waals surface area contributed by atoms with Crippen LogP contribution in [-0.4, -0.2) is 17.5 Å². The lowest BCUT2D eigenvalue weighted by Gasteiger charge is -2.21. The molecule has 13 heavy (non-hydrogen) atoms. The summed E-state index contributed by atoms with van der Waals surface area (Å²) in [6.07, 6.45) is 9.53. The second kappa shape index (κ2) is 3.68. The van der Waals surface area contributed by atoms with Gasteiger partial charge in [0.25, 0.3) is 0 Å². The summed E-state index contributed by atoms with van der Waals surface area (Å²) < 4.78 is 4.24. The Morgan fingerprint density at radius 1 is 1.69 bits per heavy atom. The number of allylic oxidation sites excluding steroid dienone is 3. The van der Waals surface area contributed by atoms with Crippen molar-refractivity contribution in [2.24, 2.45) is 16.0 Å². The van der Waals surface area contributed by atoms with E-state index in [4.69, 9.17) is 5.73 Å². The van der Waals surface area contributed by atoms with E-state index in [0.717, 1.165) is 6.42 Å². The Bertz CT molecular complexity index is 279. The molecule has 2 N–H and O–H groups in total. The van der Waals surface area contributed by atoms with Gasteiger partial charge in [-0.3, -0.25) is 0 Å². The molecule has 0 aromatic carbocycles. The van der Waals surface area contributed by atoms with Crippen LogP contribution in [0.15, 0.2) is 28.2 Å². The molecule has 0 spiro atoms. The quantitative estimate of drug-likeness (QED) is 0.682. The monoisotopic (exact) mass is 194 g/mol. The topological polar surface area (TPSA) is 38.4 Å². The highest BCUT2D eigenvalue weighted by molar-refractivity contribution is 7.99. The molecule has 0 radical (unpaired) electrons. The van der Waals surface area contributed by atoms with Crippen LogP contribution in [0.3, 0.4) is 0 Å². The Hall–Kier alpha value is -0.540. The first kappa shape index (κ1) is 9.03. The van der Waals surface area contributed by atoms with Crippen molar-refractivity contribution in [3.05, 3.63) is 23.8 Å². The Morgan fingerprint density at radius 2 is 2.54 bits per heavy atom. The average molecular weight is 194 g/mol. The van der Waals surface area contributed by atoms with Crippen LogP contribution in [0.1, 0.15) is 13.3 Å². The van der Waals surface area contributed by atoms with E-state index in [0.29, 0.717) is 11.2 Å². The Morgan fingerprint density at radius 3 is 3.31 bits per heavy atom. The fourth-order valence-corrected chi connectivity index (χ4v) is 2.70. The minimum absolute atomic E-state index is 0.250. The fraction of sp³-hybridized carbons (Fsp3) is 0.500. The number of hydrogen-bond acceptors (Lipinski definition) is 3. The van der Waals surface area contributed by atoms with Gasteiger partial charge in [0.15, 0.2) is 0 Å². The SMILES string of the molecule is CC(N)CC1=CC=CC2C=NSC12. The first-order chi connectivity index (χ1) is 6.27. The van der Waals surface area contributed by atoms with Gasteiger partial charge in [-0.25, -0.2) is 4.40 Å². The fourth-order valence-electron chi connectivity index (χ4n) is 1.74. The van der Waals surface area contributed by atoms with Crippen molar-refractivity contribution >= 4 is 18.2 Å². The molecule has 0 aromatic heterocycles. The van der Waals surface area contributed by atoms with E-state index < -0.39 is 0 Å². The third kappa shape index (κ3) is 1.86. The maximum atomic E-state index is 5.79. The van der Waals surface area contributed by atoms with Crippen molar-refractivity contribution in [2.75, 3.05) is 0 Å². The van der Waals surface area contributed by atoms with Crippen LogP contribution in [-0.2, 0) is 0 Å². The maximum Gasteiger partial charge on any atom is 0.0592 e. The first-order valence-corrected chi connectivity index (χ1v) is 5.43. The van der Waals surface area contributed by atoms with Crippen LogP contribution < -0.4 is 5.73 Å². The third-order valence-electron chi connectivity index (χ3n) is 2.32. The zero-order valence-electron chi connectivity index (χ0n) is 7.68. The Labute approximate surface area is 83.1 Å². The number of rotatable bonds is 2. The van der Waals surface area contributed by atoms with E-state index in [-0.39, 0.29) is 6.04 Å². The molecule has 0 bridgehead atoms. The minimum atomic E-state index is 0.250. The standard InChI is InChI=1S/C10H14N2S/c1-7(11)5-8-3-2-4-9-6-12-13-10(8)9/h2-4,6-7,9-10H,5,11H2,1H3. The molecule has 2 nitrogen and oxygen atoms in total. The lowest BCUT2D eigenvalue weighted by atomic mass is 9.91. The van der Waals surface area contributed by atoms with Gasteiger partial charge in [0.05, 0.1) is 5.25 Å². The number of hydrogen-bond donors (Lipinski definition) is 1. The number of fused-ring (bicyclic) bond motifs is 1. The van der Waals surface area contributed by atoms with Crippen molar-refractivity contribution in [3.8, 4) is 0 Å². The van der Waals surface area contributed by atoms with Gasteiger partial charge in [-0.15, -0.1) is 0 Å². The van der Waals surface area contributed by atoms with Crippen molar-refractivity contribution in [1.82, 2.24) is 0 Å². The zero-order valence-corrected chi connectivity index (χ0v) is 8.50. The van der Waals surface area contributed by atoms with Gasteiger partial charge in [-0.05, 0) is 25.3 Å². The molecule has 70 valence electrons. The molecule has 1 aliphatic heterocycles. The van der Waals surface area contributed by atoms with Crippen LogP contribution in [0.5, 0.6) is 0 Å². The molecule has 1 heterocycles. The van der Waals surface area contributed by atoms with Gasteiger partial charge in [-0.1, -0.05) is 23.8 Å². The predicted molar refractivity (Wildman–Crippen MR) is 58.9 cm³/mol. The van der Waals surface area contributed by atoms with Crippen LogP contribution in [0.25, 0.3) is 0 Å². The third-order valence-corrected chi connectivity index (χ3v) is 3.41. The molecule has 0 amide bonds. The molecule has 1 aliphatic carbocycles. The van der Waals surface area contributed by atoms with Gasteiger partial charge in [0.1, 0.15) is 0 Å². The summed E-state index contributed by atoms with van der Waals surface area (Å²) in [7, 11) is 0. The van der Waals surface area contributed by atoms with Crippen molar-refractivity contribution in [3.63, 3.8) is 0 Å². The van der Waals surface area contributed by atoms with Crippen LogP contribution >= 0.6 is 11.9 Å². The molecule has 3 unspecified atom stereocenters. The lowest BCUT2D eigenvalue weighted by Crippen LogP contribution is -2.23. The van der Waals surface area contributed by atoms with E-state index in [1.165, 1.54) is 5.57 Å². The second-order valence-electron chi connectivity index (χ2n) is 3.67. The van der Waals surface area contributed by atoms with Crippen molar-refractivity contribution < 1.29 is 0 Å². The van der Waals surface area contributed by atoms with E-state index in [1.807, 2.05) is 6.21 Å². The van der Waals surface area contributed by atoms with E-state index in [2.05, 4.69) is 29.5 Å². The summed E-state index contributed by atoms with van der Waals surface area (Å²) >= 11 is 1.67. The Kier molecular flexibility index (Phi) is 2.56. The van der Waals surface area contributed by atoms with Gasteiger partial charge >= 0.3 is 0 Å². The molecule has 3 atom stereocenters. The molecule has 3 heteroatoms. The van der Waals surface area contributed by atoms with Gasteiger partial charge < -0.3 is 5.73 Å². The summed E-state index contributed by atoms with van der Waals surface area (Å²) in [5, 5.41) is 0.524. The van der Waals surface area contributed by atoms with Gasteiger partial charge in [0, 0.05) is 18.2 Å². The highest BCUT2D eigenvalue weighted by Gasteiger charge is 2.28. The van der Waals surface area contributed by atoms with Crippen LogP contribution in [0.2, 0.25) is 0 Å². The molecule has 2 aliphatic rings. The van der Waals surface area contributed by atoms with Crippen molar-refractivity contribution in [2.45, 2.75) is 24.6 Å². The van der Waals surface area contributed by atoms with Gasteiger partial charge in [-0.2, -0.15) is 0 Å². The average Bonchev–Trinajstić information content (AvgIpc) is 2.51. The summed E-state index contributed by atoms with van der Waals surface area (Å²) in [6, 6.07) is 0.250. The molecule has 2 rings (SSSR count). The first-order valence-electron chi connectivity index (χ1n) is 4.59. The molecular weight excluding hydrogens is 180 g/mol. The van der Waals surface area contributed by atoms with Crippen LogP contribution in [0, 0.1) is 5.92 Å². The molecule has 0 aromatic rings. The Balaban J connectivity index is 2.10. The van der Waals surface area contributed by atoms with Gasteiger partial charge in [0.2, 0.25) is 0 Å². The zero-order chi connectivity index (χ0) is 9.26. The van der Waals surface area contributed by atoms with E-state index >= 15 is 0 Å². The highest BCUT2D eigenvalue weighted by atomic mass is 32.2. The molecular formula is C10H14N2S. The van der Waals surface area contributed by atoms with Crippen LogP contribution in [0.4, 0.5) is 0 Å². The molecule has 0 fully saturated rings. The number of nitrogens with zero attached hydrogens (tertiary/aromatic N) is 1. The maximum absolute atomic E-state index is 5.79. The predicted octanol–water partition coefficient (Wildman–Crippen LogP) is 1.94. The molecule has 0 saturated heterocycles. The van der Waals surface area contributed by atoms with Crippen molar-refractivity contribution in [1.29, 1.82) is 0 Å². The summed E-state index contributed by atoms with van der Waals surface area (Å²) in [6.45, 7) is 2.05. The van der Waals surface area contributed by atoms with E-state index in [1.54, 1.807) is 11.9 Å². The molecule has 0 saturated carbocycles. The minimum Gasteiger partial charge on any atom is -0.328 e. The normalized spacial score (nSPS) is 32.9.